The van der Waals surface area contributed by atoms with Gasteiger partial charge in [0, 0.05) is 24.1 Å². The van der Waals surface area contributed by atoms with Crippen LogP contribution in [0.2, 0.25) is 0 Å². The zero-order chi connectivity index (χ0) is 16.8. The minimum Gasteiger partial charge on any atom is -0.393 e. The van der Waals surface area contributed by atoms with E-state index in [4.69, 9.17) is 0 Å². The van der Waals surface area contributed by atoms with E-state index in [0.717, 1.165) is 37.8 Å². The normalized spacial score (nSPS) is 20.8. The summed E-state index contributed by atoms with van der Waals surface area (Å²) >= 11 is 0. The number of benzene rings is 1. The summed E-state index contributed by atoms with van der Waals surface area (Å²) in [5.41, 5.74) is -0.182. The van der Waals surface area contributed by atoms with Crippen LogP contribution < -0.4 is 10.6 Å². The van der Waals surface area contributed by atoms with Gasteiger partial charge in [-0.25, -0.2) is 8.78 Å². The topological polar surface area (TPSA) is 78.4 Å². The number of halogens is 2. The van der Waals surface area contributed by atoms with Gasteiger partial charge < -0.3 is 15.7 Å². The molecule has 0 radical (unpaired) electrons. The lowest BCUT2D eigenvalue weighted by atomic mass is 9.86. The Kier molecular flexibility index (Phi) is 6.04. The molecule has 1 aliphatic carbocycles. The molecule has 0 aliphatic heterocycles. The Bertz CT molecular complexity index is 560. The van der Waals surface area contributed by atoms with Gasteiger partial charge in [-0.05, 0) is 25.0 Å². The van der Waals surface area contributed by atoms with Gasteiger partial charge in [0.05, 0.1) is 12.6 Å². The molecule has 1 aromatic carbocycles. The maximum absolute atomic E-state index is 13.0. The van der Waals surface area contributed by atoms with Crippen LogP contribution in [-0.2, 0) is 4.79 Å². The minimum absolute atomic E-state index is 0.0284. The third-order valence-electron chi connectivity index (χ3n) is 3.96. The summed E-state index contributed by atoms with van der Waals surface area (Å²) in [5, 5.41) is 14.8. The average molecular weight is 326 g/mol. The van der Waals surface area contributed by atoms with E-state index in [0.29, 0.717) is 12.6 Å². The Morgan fingerprint density at radius 3 is 2.39 bits per heavy atom. The number of nitrogens with one attached hydrogen (secondary N) is 2. The number of aliphatic hydroxyl groups excluding tert-OH is 1. The van der Waals surface area contributed by atoms with Crippen molar-refractivity contribution in [3.05, 3.63) is 35.4 Å². The highest BCUT2D eigenvalue weighted by Gasteiger charge is 2.23. The number of aliphatic hydroxyl groups is 1. The molecule has 126 valence electrons. The van der Waals surface area contributed by atoms with E-state index >= 15 is 0 Å². The van der Waals surface area contributed by atoms with Gasteiger partial charge in [-0.2, -0.15) is 0 Å². The van der Waals surface area contributed by atoms with Crippen molar-refractivity contribution < 1.29 is 23.5 Å². The maximum atomic E-state index is 13.0. The zero-order valence-corrected chi connectivity index (χ0v) is 12.6. The van der Waals surface area contributed by atoms with Gasteiger partial charge in [0.1, 0.15) is 11.6 Å². The van der Waals surface area contributed by atoms with Crippen LogP contribution in [-0.4, -0.2) is 36.1 Å². The first-order valence-corrected chi connectivity index (χ1v) is 7.65. The number of rotatable bonds is 5. The molecule has 1 aliphatic rings. The largest absolute Gasteiger partial charge is 0.393 e. The minimum atomic E-state index is -0.856. The summed E-state index contributed by atoms with van der Waals surface area (Å²) in [6.45, 7) is 0.0598. The molecule has 0 bridgehead atoms. The molecule has 2 amide bonds. The molecule has 2 rings (SSSR count). The molecule has 23 heavy (non-hydrogen) atoms. The van der Waals surface area contributed by atoms with Crippen molar-refractivity contribution in [2.24, 2.45) is 5.92 Å². The lowest BCUT2D eigenvalue weighted by molar-refractivity contribution is -0.120. The highest BCUT2D eigenvalue weighted by Crippen LogP contribution is 2.23. The molecule has 0 unspecified atom stereocenters. The molecule has 0 saturated heterocycles. The predicted octanol–water partition coefficient (Wildman–Crippen LogP) is 1.36. The summed E-state index contributed by atoms with van der Waals surface area (Å²) in [4.78, 5) is 23.5. The zero-order valence-electron chi connectivity index (χ0n) is 12.6. The lowest BCUT2D eigenvalue weighted by Crippen LogP contribution is -2.41. The fourth-order valence-electron chi connectivity index (χ4n) is 2.68. The Morgan fingerprint density at radius 1 is 1.09 bits per heavy atom. The average Bonchev–Trinajstić information content (AvgIpc) is 2.51. The second kappa shape index (κ2) is 8.01. The van der Waals surface area contributed by atoms with Crippen LogP contribution in [0.25, 0.3) is 0 Å². The molecule has 3 N–H and O–H groups in total. The molecule has 0 spiro atoms. The number of amides is 2. The SMILES string of the molecule is O=C(CNC(=O)c1cc(F)cc(F)c1)NC[C@@H]1CCCC[C@@H]1O. The number of hydrogen-bond donors (Lipinski definition) is 3. The van der Waals surface area contributed by atoms with Gasteiger partial charge >= 0.3 is 0 Å². The van der Waals surface area contributed by atoms with Crippen molar-refractivity contribution in [2.45, 2.75) is 31.8 Å². The van der Waals surface area contributed by atoms with Crippen LogP contribution in [0, 0.1) is 17.6 Å². The fourth-order valence-corrected chi connectivity index (χ4v) is 2.68. The summed E-state index contributed by atoms with van der Waals surface area (Å²) in [7, 11) is 0. The third-order valence-corrected chi connectivity index (χ3v) is 3.96. The number of carbonyl (C=O) groups is 2. The summed E-state index contributed by atoms with van der Waals surface area (Å²) in [6, 6.07) is 2.46. The van der Waals surface area contributed by atoms with Gasteiger partial charge in [-0.1, -0.05) is 12.8 Å². The molecule has 0 heterocycles. The summed E-state index contributed by atoms with van der Waals surface area (Å²) in [5.74, 6) is -2.82. The quantitative estimate of drug-likeness (QED) is 0.764. The molecule has 0 aromatic heterocycles. The Morgan fingerprint density at radius 2 is 1.74 bits per heavy atom. The first kappa shape index (κ1) is 17.3. The van der Waals surface area contributed by atoms with E-state index < -0.39 is 29.6 Å². The van der Waals surface area contributed by atoms with Crippen LogP contribution >= 0.6 is 0 Å². The van der Waals surface area contributed by atoms with Crippen LogP contribution in [0.1, 0.15) is 36.0 Å². The van der Waals surface area contributed by atoms with Crippen molar-refractivity contribution in [2.75, 3.05) is 13.1 Å². The molecule has 7 heteroatoms. The van der Waals surface area contributed by atoms with Gasteiger partial charge in [0.15, 0.2) is 0 Å². The summed E-state index contributed by atoms with van der Waals surface area (Å²) in [6.07, 6.45) is 3.21. The van der Waals surface area contributed by atoms with Crippen molar-refractivity contribution in [1.29, 1.82) is 0 Å². The molecular weight excluding hydrogens is 306 g/mol. The van der Waals surface area contributed by atoms with Crippen LogP contribution in [0.5, 0.6) is 0 Å². The second-order valence-corrected chi connectivity index (χ2v) is 5.76. The Labute approximate surface area is 133 Å². The van der Waals surface area contributed by atoms with Gasteiger partial charge in [-0.15, -0.1) is 0 Å². The second-order valence-electron chi connectivity index (χ2n) is 5.76. The van der Waals surface area contributed by atoms with E-state index in [1.54, 1.807) is 0 Å². The van der Waals surface area contributed by atoms with Gasteiger partial charge in [0.25, 0.3) is 5.91 Å². The standard InChI is InChI=1S/C16H20F2N2O3/c17-12-5-11(6-13(18)7-12)16(23)20-9-15(22)19-8-10-3-1-2-4-14(10)21/h5-7,10,14,21H,1-4,8-9H2,(H,19,22)(H,20,23)/t10-,14-/m0/s1. The van der Waals surface area contributed by atoms with Gasteiger partial charge in [0.2, 0.25) is 5.91 Å². The van der Waals surface area contributed by atoms with E-state index in [9.17, 15) is 23.5 Å². The smallest absolute Gasteiger partial charge is 0.251 e. The number of hydrogen-bond acceptors (Lipinski definition) is 3. The third kappa shape index (κ3) is 5.28. The van der Waals surface area contributed by atoms with Crippen LogP contribution in [0.4, 0.5) is 8.78 Å². The molecule has 5 nitrogen and oxygen atoms in total. The highest BCUT2D eigenvalue weighted by atomic mass is 19.1. The highest BCUT2D eigenvalue weighted by molar-refractivity contribution is 5.96. The summed E-state index contributed by atoms with van der Waals surface area (Å²) < 4.78 is 26.1. The first-order chi connectivity index (χ1) is 11.0. The van der Waals surface area contributed by atoms with Crippen molar-refractivity contribution in [3.63, 3.8) is 0 Å². The van der Waals surface area contributed by atoms with Crippen molar-refractivity contribution in [3.8, 4) is 0 Å². The molecule has 1 saturated carbocycles. The van der Waals surface area contributed by atoms with Crippen molar-refractivity contribution >= 4 is 11.8 Å². The van der Waals surface area contributed by atoms with Crippen molar-refractivity contribution in [1.82, 2.24) is 10.6 Å². The predicted molar refractivity (Wildman–Crippen MR) is 79.7 cm³/mol. The fraction of sp³-hybridized carbons (Fsp3) is 0.500. The number of carbonyl (C=O) groups excluding carboxylic acids is 2. The molecular formula is C16H20F2N2O3. The monoisotopic (exact) mass is 326 g/mol. The van der Waals surface area contributed by atoms with E-state index in [2.05, 4.69) is 10.6 Å². The lowest BCUT2D eigenvalue weighted by Gasteiger charge is -2.27. The first-order valence-electron chi connectivity index (χ1n) is 7.65. The maximum Gasteiger partial charge on any atom is 0.251 e. The molecule has 2 atom stereocenters. The van der Waals surface area contributed by atoms with Gasteiger partial charge in [-0.3, -0.25) is 9.59 Å². The van der Waals surface area contributed by atoms with E-state index in [-0.39, 0.29) is 18.0 Å². The van der Waals surface area contributed by atoms with Crippen LogP contribution in [0.3, 0.4) is 0 Å². The van der Waals surface area contributed by atoms with E-state index in [1.807, 2.05) is 0 Å². The Balaban J connectivity index is 1.76. The molecule has 1 aromatic rings. The molecule has 1 fully saturated rings. The van der Waals surface area contributed by atoms with Crippen LogP contribution in [0.15, 0.2) is 18.2 Å². The van der Waals surface area contributed by atoms with E-state index in [1.165, 1.54) is 0 Å². The Hall–Kier alpha value is -2.02.